The van der Waals surface area contributed by atoms with E-state index in [9.17, 15) is 0 Å². The number of benzene rings is 2. The van der Waals surface area contributed by atoms with Gasteiger partial charge < -0.3 is 20.3 Å². The average Bonchev–Trinajstić information content (AvgIpc) is 3.10. The highest BCUT2D eigenvalue weighted by Crippen LogP contribution is 2.26. The molecular formula is C25H29N5OS. The molecule has 7 heteroatoms. The van der Waals surface area contributed by atoms with Crippen LogP contribution >= 0.6 is 12.2 Å². The van der Waals surface area contributed by atoms with Crippen LogP contribution < -0.4 is 20.3 Å². The first-order valence-corrected chi connectivity index (χ1v) is 11.6. The number of hydrogen-bond donors (Lipinski definition) is 2. The van der Waals surface area contributed by atoms with Gasteiger partial charge in [0.25, 0.3) is 0 Å². The van der Waals surface area contributed by atoms with Gasteiger partial charge in [-0.15, -0.1) is 0 Å². The standard InChI is InChI=1S/C25H29N5OS/c1-19(20-12-6-4-7-13-20)26-25(32)29-24-27-22(30-16-10-2-3-11-17-30)18-23(28-24)31-21-14-8-5-9-15-21/h4-9,12-15,18-19H,2-3,10-11,16-17H2,1H3,(H2,26,27,28,29,32). The number of rotatable bonds is 6. The molecule has 32 heavy (non-hydrogen) atoms. The summed E-state index contributed by atoms with van der Waals surface area (Å²) in [5.41, 5.74) is 1.16. The quantitative estimate of drug-likeness (QED) is 0.470. The van der Waals surface area contributed by atoms with Crippen molar-refractivity contribution in [2.45, 2.75) is 38.6 Å². The summed E-state index contributed by atoms with van der Waals surface area (Å²) < 4.78 is 6.03. The third-order valence-corrected chi connectivity index (χ3v) is 5.68. The molecule has 2 N–H and O–H groups in total. The van der Waals surface area contributed by atoms with Gasteiger partial charge in [0, 0.05) is 19.2 Å². The number of anilines is 2. The van der Waals surface area contributed by atoms with Crippen LogP contribution in [-0.2, 0) is 0 Å². The Labute approximate surface area is 195 Å². The van der Waals surface area contributed by atoms with Gasteiger partial charge in [0.05, 0.1) is 6.04 Å². The molecule has 0 amide bonds. The molecular weight excluding hydrogens is 418 g/mol. The number of ether oxygens (including phenoxy) is 1. The predicted octanol–water partition coefficient (Wildman–Crippen LogP) is 5.70. The van der Waals surface area contributed by atoms with E-state index in [1.165, 1.54) is 12.8 Å². The normalized spacial score (nSPS) is 14.8. The fourth-order valence-corrected chi connectivity index (χ4v) is 4.02. The lowest BCUT2D eigenvalue weighted by Gasteiger charge is -2.23. The van der Waals surface area contributed by atoms with Crippen LogP contribution in [0.1, 0.15) is 44.2 Å². The summed E-state index contributed by atoms with van der Waals surface area (Å²) in [5, 5.41) is 6.94. The molecule has 6 nitrogen and oxygen atoms in total. The van der Waals surface area contributed by atoms with Crippen LogP contribution in [0.4, 0.5) is 11.8 Å². The molecule has 0 radical (unpaired) electrons. The highest BCUT2D eigenvalue weighted by atomic mass is 32.1. The second-order valence-corrected chi connectivity index (χ2v) is 8.34. The Hall–Kier alpha value is -3.19. The molecule has 166 valence electrons. The summed E-state index contributed by atoms with van der Waals surface area (Å²) in [5.74, 6) is 2.51. The van der Waals surface area contributed by atoms with E-state index in [4.69, 9.17) is 21.9 Å². The number of para-hydroxylation sites is 1. The zero-order chi connectivity index (χ0) is 22.2. The van der Waals surface area contributed by atoms with Crippen molar-refractivity contribution >= 4 is 29.1 Å². The second kappa shape index (κ2) is 10.9. The van der Waals surface area contributed by atoms with Gasteiger partial charge in [-0.2, -0.15) is 9.97 Å². The van der Waals surface area contributed by atoms with Gasteiger partial charge >= 0.3 is 0 Å². The van der Waals surface area contributed by atoms with E-state index in [1.807, 2.05) is 54.6 Å². The van der Waals surface area contributed by atoms with Crippen LogP contribution in [0.25, 0.3) is 0 Å². The Morgan fingerprint density at radius 2 is 1.59 bits per heavy atom. The molecule has 0 bridgehead atoms. The van der Waals surface area contributed by atoms with Gasteiger partial charge in [0.2, 0.25) is 11.8 Å². The van der Waals surface area contributed by atoms with E-state index in [0.717, 1.165) is 43.1 Å². The van der Waals surface area contributed by atoms with Crippen molar-refractivity contribution in [1.29, 1.82) is 0 Å². The molecule has 0 spiro atoms. The van der Waals surface area contributed by atoms with Gasteiger partial charge in [0.1, 0.15) is 11.6 Å². The lowest BCUT2D eigenvalue weighted by Crippen LogP contribution is -2.32. The van der Waals surface area contributed by atoms with Crippen LogP contribution in [0.2, 0.25) is 0 Å². The minimum atomic E-state index is 0.0602. The molecule has 1 atom stereocenters. The largest absolute Gasteiger partial charge is 0.439 e. The fourth-order valence-electron chi connectivity index (χ4n) is 3.75. The Morgan fingerprint density at radius 3 is 2.28 bits per heavy atom. The van der Waals surface area contributed by atoms with Crippen molar-refractivity contribution in [2.24, 2.45) is 0 Å². The number of hydrogen-bond acceptors (Lipinski definition) is 5. The maximum absolute atomic E-state index is 6.03. The average molecular weight is 448 g/mol. The van der Waals surface area contributed by atoms with E-state index >= 15 is 0 Å². The number of thiocarbonyl (C=S) groups is 1. The molecule has 1 aliphatic heterocycles. The van der Waals surface area contributed by atoms with E-state index in [0.29, 0.717) is 16.9 Å². The summed E-state index contributed by atoms with van der Waals surface area (Å²) in [6, 6.07) is 21.8. The Bertz CT molecular complexity index is 1010. The zero-order valence-electron chi connectivity index (χ0n) is 18.3. The highest BCUT2D eigenvalue weighted by Gasteiger charge is 2.16. The SMILES string of the molecule is CC(NC(=S)Nc1nc(Oc2ccccc2)cc(N2CCCCCC2)n1)c1ccccc1. The molecule has 0 aliphatic carbocycles. The Kier molecular flexibility index (Phi) is 7.51. The number of nitrogens with zero attached hydrogens (tertiary/aromatic N) is 3. The van der Waals surface area contributed by atoms with Crippen LogP contribution in [-0.4, -0.2) is 28.2 Å². The summed E-state index contributed by atoms with van der Waals surface area (Å²) in [4.78, 5) is 11.6. The maximum Gasteiger partial charge on any atom is 0.234 e. The van der Waals surface area contributed by atoms with Crippen molar-refractivity contribution in [1.82, 2.24) is 15.3 Å². The van der Waals surface area contributed by atoms with Crippen molar-refractivity contribution in [3.63, 3.8) is 0 Å². The molecule has 1 fully saturated rings. The lowest BCUT2D eigenvalue weighted by atomic mass is 10.1. The molecule has 4 rings (SSSR count). The summed E-state index contributed by atoms with van der Waals surface area (Å²) >= 11 is 5.55. The minimum Gasteiger partial charge on any atom is -0.439 e. The van der Waals surface area contributed by atoms with E-state index in [-0.39, 0.29) is 6.04 Å². The molecule has 2 heterocycles. The van der Waals surface area contributed by atoms with Crippen LogP contribution in [0.15, 0.2) is 66.7 Å². The second-order valence-electron chi connectivity index (χ2n) is 7.94. The maximum atomic E-state index is 6.03. The summed E-state index contributed by atoms with van der Waals surface area (Å²) in [6.07, 6.45) is 4.84. The van der Waals surface area contributed by atoms with Gasteiger partial charge in [-0.3, -0.25) is 0 Å². The number of nitrogens with one attached hydrogen (secondary N) is 2. The molecule has 0 saturated carbocycles. The van der Waals surface area contributed by atoms with Crippen molar-refractivity contribution in [2.75, 3.05) is 23.3 Å². The molecule has 2 aromatic carbocycles. The monoisotopic (exact) mass is 447 g/mol. The molecule has 1 aromatic heterocycles. The van der Waals surface area contributed by atoms with Crippen molar-refractivity contribution in [3.8, 4) is 11.6 Å². The molecule has 1 aliphatic rings. The van der Waals surface area contributed by atoms with E-state index in [2.05, 4.69) is 39.6 Å². The first-order chi connectivity index (χ1) is 15.7. The van der Waals surface area contributed by atoms with Gasteiger partial charge in [0.15, 0.2) is 5.11 Å². The van der Waals surface area contributed by atoms with E-state index < -0.39 is 0 Å². The van der Waals surface area contributed by atoms with Crippen molar-refractivity contribution in [3.05, 3.63) is 72.3 Å². The first-order valence-electron chi connectivity index (χ1n) is 11.2. The topological polar surface area (TPSA) is 62.3 Å². The van der Waals surface area contributed by atoms with Crippen molar-refractivity contribution < 1.29 is 4.74 Å². The smallest absolute Gasteiger partial charge is 0.234 e. The Balaban J connectivity index is 1.53. The summed E-state index contributed by atoms with van der Waals surface area (Å²) in [6.45, 7) is 4.03. The third-order valence-electron chi connectivity index (χ3n) is 5.46. The first kappa shape index (κ1) is 22.0. The fraction of sp³-hybridized carbons (Fsp3) is 0.320. The van der Waals surface area contributed by atoms with Gasteiger partial charge in [-0.1, -0.05) is 61.4 Å². The molecule has 1 unspecified atom stereocenters. The zero-order valence-corrected chi connectivity index (χ0v) is 19.1. The molecule has 3 aromatic rings. The van der Waals surface area contributed by atoms with Crippen LogP contribution in [0.3, 0.4) is 0 Å². The van der Waals surface area contributed by atoms with Gasteiger partial charge in [-0.05, 0) is 49.7 Å². The van der Waals surface area contributed by atoms with Gasteiger partial charge in [-0.25, -0.2) is 0 Å². The number of aromatic nitrogens is 2. The molecule has 1 saturated heterocycles. The highest BCUT2D eigenvalue weighted by molar-refractivity contribution is 7.80. The third kappa shape index (κ3) is 6.17. The summed E-state index contributed by atoms with van der Waals surface area (Å²) in [7, 11) is 0. The Morgan fingerprint density at radius 1 is 0.938 bits per heavy atom. The lowest BCUT2D eigenvalue weighted by molar-refractivity contribution is 0.462. The minimum absolute atomic E-state index is 0.0602. The predicted molar refractivity (Wildman–Crippen MR) is 133 cm³/mol. The van der Waals surface area contributed by atoms with E-state index in [1.54, 1.807) is 0 Å². The van der Waals surface area contributed by atoms with Crippen LogP contribution in [0, 0.1) is 0 Å². The van der Waals surface area contributed by atoms with Crippen LogP contribution in [0.5, 0.6) is 11.6 Å².